The quantitative estimate of drug-likeness (QED) is 0.812. The van der Waals surface area contributed by atoms with Gasteiger partial charge in [0.2, 0.25) is 0 Å². The van der Waals surface area contributed by atoms with E-state index in [1.807, 2.05) is 0 Å². The lowest BCUT2D eigenvalue weighted by Gasteiger charge is -2.37. The van der Waals surface area contributed by atoms with Crippen LogP contribution in [0.5, 0.6) is 0 Å². The molecule has 1 saturated heterocycles. The van der Waals surface area contributed by atoms with E-state index in [0.717, 1.165) is 32.2 Å². The van der Waals surface area contributed by atoms with Gasteiger partial charge in [0.05, 0.1) is 12.7 Å². The van der Waals surface area contributed by atoms with Crippen LogP contribution in [0, 0.1) is 5.92 Å². The standard InChI is InChI=1S/C14H28N2O/c1-12(13-6-4-3-5-7-13)16(2)11-14-10-15-8-9-17-14/h12-15H,3-11H2,1-2H3. The molecule has 0 bridgehead atoms. The van der Waals surface area contributed by atoms with Gasteiger partial charge in [0.15, 0.2) is 0 Å². The lowest BCUT2D eigenvalue weighted by molar-refractivity contribution is -0.00248. The minimum absolute atomic E-state index is 0.389. The number of hydrogen-bond acceptors (Lipinski definition) is 3. The molecule has 0 aromatic heterocycles. The molecule has 2 unspecified atom stereocenters. The fraction of sp³-hybridized carbons (Fsp3) is 1.00. The monoisotopic (exact) mass is 240 g/mol. The maximum Gasteiger partial charge on any atom is 0.0826 e. The first kappa shape index (κ1) is 13.3. The summed E-state index contributed by atoms with van der Waals surface area (Å²) in [6.45, 7) is 6.37. The molecule has 1 heterocycles. The summed E-state index contributed by atoms with van der Waals surface area (Å²) in [4.78, 5) is 2.51. The van der Waals surface area contributed by atoms with Crippen molar-refractivity contribution in [2.75, 3.05) is 33.3 Å². The summed E-state index contributed by atoms with van der Waals surface area (Å²) >= 11 is 0. The molecule has 0 radical (unpaired) electrons. The first-order valence-corrected chi connectivity index (χ1v) is 7.30. The van der Waals surface area contributed by atoms with Gasteiger partial charge in [0.25, 0.3) is 0 Å². The molecule has 17 heavy (non-hydrogen) atoms. The Balaban J connectivity index is 1.75. The average Bonchev–Trinajstić information content (AvgIpc) is 2.40. The zero-order valence-corrected chi connectivity index (χ0v) is 11.5. The van der Waals surface area contributed by atoms with Crippen LogP contribution in [0.15, 0.2) is 0 Å². The van der Waals surface area contributed by atoms with E-state index >= 15 is 0 Å². The lowest BCUT2D eigenvalue weighted by Crippen LogP contribution is -2.47. The van der Waals surface area contributed by atoms with Crippen molar-refractivity contribution in [1.82, 2.24) is 10.2 Å². The molecule has 0 amide bonds. The Kier molecular flexibility index (Phi) is 5.26. The normalized spacial score (nSPS) is 29.5. The molecule has 3 heteroatoms. The molecule has 1 N–H and O–H groups in total. The van der Waals surface area contributed by atoms with E-state index < -0.39 is 0 Å². The molecule has 2 atom stereocenters. The summed E-state index contributed by atoms with van der Waals surface area (Å²) in [5.74, 6) is 0.908. The first-order chi connectivity index (χ1) is 8.27. The van der Waals surface area contributed by atoms with Gasteiger partial charge < -0.3 is 15.0 Å². The van der Waals surface area contributed by atoms with Crippen molar-refractivity contribution in [3.63, 3.8) is 0 Å². The summed E-state index contributed by atoms with van der Waals surface area (Å²) in [6, 6.07) is 0.709. The minimum Gasteiger partial charge on any atom is -0.374 e. The third-order valence-electron chi connectivity index (χ3n) is 4.52. The Morgan fingerprint density at radius 2 is 2.06 bits per heavy atom. The molecule has 2 fully saturated rings. The van der Waals surface area contributed by atoms with Gasteiger partial charge in [-0.2, -0.15) is 0 Å². The highest BCUT2D eigenvalue weighted by Crippen LogP contribution is 2.28. The molecule has 3 nitrogen and oxygen atoms in total. The summed E-state index contributed by atoms with van der Waals surface area (Å²) in [7, 11) is 2.26. The maximum absolute atomic E-state index is 5.78. The molecule has 2 rings (SSSR count). The van der Waals surface area contributed by atoms with Crippen LogP contribution in [0.3, 0.4) is 0 Å². The SMILES string of the molecule is CC(C1CCCCC1)N(C)CC1CNCCO1. The second-order valence-electron chi connectivity index (χ2n) is 5.78. The highest BCUT2D eigenvalue weighted by molar-refractivity contribution is 4.79. The van der Waals surface area contributed by atoms with Gasteiger partial charge in [-0.15, -0.1) is 0 Å². The number of likely N-dealkylation sites (N-methyl/N-ethyl adjacent to an activating group) is 1. The predicted molar refractivity (Wildman–Crippen MR) is 71.3 cm³/mol. The van der Waals surface area contributed by atoms with Gasteiger partial charge in [-0.3, -0.25) is 0 Å². The zero-order valence-electron chi connectivity index (χ0n) is 11.5. The van der Waals surface area contributed by atoms with Crippen molar-refractivity contribution >= 4 is 0 Å². The van der Waals surface area contributed by atoms with Crippen molar-refractivity contribution < 1.29 is 4.74 Å². The van der Waals surface area contributed by atoms with Gasteiger partial charge in [-0.1, -0.05) is 19.3 Å². The third-order valence-corrected chi connectivity index (χ3v) is 4.52. The number of ether oxygens (including phenoxy) is 1. The molecule has 2 aliphatic rings. The van der Waals surface area contributed by atoms with Crippen LogP contribution >= 0.6 is 0 Å². The Morgan fingerprint density at radius 1 is 1.29 bits per heavy atom. The van der Waals surface area contributed by atoms with Crippen LogP contribution in [0.4, 0.5) is 0 Å². The van der Waals surface area contributed by atoms with Crippen LogP contribution in [0.1, 0.15) is 39.0 Å². The van der Waals surface area contributed by atoms with Gasteiger partial charge in [0.1, 0.15) is 0 Å². The molecular formula is C14H28N2O. The largest absolute Gasteiger partial charge is 0.374 e. The molecule has 0 aromatic carbocycles. The maximum atomic E-state index is 5.78. The van der Waals surface area contributed by atoms with Crippen LogP contribution in [-0.4, -0.2) is 50.3 Å². The van der Waals surface area contributed by atoms with Gasteiger partial charge in [-0.05, 0) is 32.7 Å². The minimum atomic E-state index is 0.389. The van der Waals surface area contributed by atoms with Crippen molar-refractivity contribution in [1.29, 1.82) is 0 Å². The number of nitrogens with one attached hydrogen (secondary N) is 1. The van der Waals surface area contributed by atoms with Crippen molar-refractivity contribution in [2.24, 2.45) is 5.92 Å². The van der Waals surface area contributed by atoms with E-state index in [4.69, 9.17) is 4.74 Å². The number of nitrogens with zero attached hydrogens (tertiary/aromatic N) is 1. The molecule has 0 aromatic rings. The summed E-state index contributed by atoms with van der Waals surface area (Å²) in [6.07, 6.45) is 7.56. The Labute approximate surface area is 106 Å². The van der Waals surface area contributed by atoms with E-state index in [2.05, 4.69) is 24.2 Å². The third kappa shape index (κ3) is 3.94. The van der Waals surface area contributed by atoms with Crippen LogP contribution in [0.2, 0.25) is 0 Å². The Bertz CT molecular complexity index is 210. The number of morpholine rings is 1. The van der Waals surface area contributed by atoms with E-state index in [1.54, 1.807) is 0 Å². The summed E-state index contributed by atoms with van der Waals surface area (Å²) in [5, 5.41) is 3.41. The van der Waals surface area contributed by atoms with E-state index in [9.17, 15) is 0 Å². The van der Waals surface area contributed by atoms with Crippen LogP contribution in [-0.2, 0) is 4.74 Å². The fourth-order valence-electron chi connectivity index (χ4n) is 3.20. The molecule has 0 spiro atoms. The van der Waals surface area contributed by atoms with E-state index in [-0.39, 0.29) is 0 Å². The summed E-state index contributed by atoms with van der Waals surface area (Å²) in [5.41, 5.74) is 0. The van der Waals surface area contributed by atoms with Crippen molar-refractivity contribution in [3.8, 4) is 0 Å². The lowest BCUT2D eigenvalue weighted by atomic mass is 9.84. The van der Waals surface area contributed by atoms with E-state index in [0.29, 0.717) is 12.1 Å². The smallest absolute Gasteiger partial charge is 0.0826 e. The predicted octanol–water partition coefficient (Wildman–Crippen LogP) is 1.88. The van der Waals surface area contributed by atoms with Crippen molar-refractivity contribution in [3.05, 3.63) is 0 Å². The van der Waals surface area contributed by atoms with Crippen molar-refractivity contribution in [2.45, 2.75) is 51.2 Å². The molecule has 1 aliphatic heterocycles. The van der Waals surface area contributed by atoms with Crippen LogP contribution in [0.25, 0.3) is 0 Å². The van der Waals surface area contributed by atoms with Gasteiger partial charge in [-0.25, -0.2) is 0 Å². The van der Waals surface area contributed by atoms with Gasteiger partial charge >= 0.3 is 0 Å². The topological polar surface area (TPSA) is 24.5 Å². The van der Waals surface area contributed by atoms with Gasteiger partial charge in [0, 0.05) is 25.7 Å². The number of rotatable bonds is 4. The summed E-state index contributed by atoms with van der Waals surface area (Å²) < 4.78 is 5.78. The molecule has 1 aliphatic carbocycles. The number of hydrogen-bond donors (Lipinski definition) is 1. The first-order valence-electron chi connectivity index (χ1n) is 7.30. The molecule has 1 saturated carbocycles. The van der Waals surface area contributed by atoms with E-state index in [1.165, 1.54) is 32.1 Å². The highest BCUT2D eigenvalue weighted by atomic mass is 16.5. The zero-order chi connectivity index (χ0) is 12.1. The molecular weight excluding hydrogens is 212 g/mol. The fourth-order valence-corrected chi connectivity index (χ4v) is 3.20. The Morgan fingerprint density at radius 3 is 2.71 bits per heavy atom. The average molecular weight is 240 g/mol. The Hall–Kier alpha value is -0.120. The second-order valence-corrected chi connectivity index (χ2v) is 5.78. The van der Waals surface area contributed by atoms with Crippen LogP contribution < -0.4 is 5.32 Å². The molecule has 100 valence electrons. The second kappa shape index (κ2) is 6.72. The highest BCUT2D eigenvalue weighted by Gasteiger charge is 2.25.